The van der Waals surface area contributed by atoms with Gasteiger partial charge in [0.15, 0.2) is 23.1 Å². The molecule has 0 aliphatic heterocycles. The van der Waals surface area contributed by atoms with Gasteiger partial charge in [0.05, 0.1) is 11.1 Å². The third kappa shape index (κ3) is 9.69. The van der Waals surface area contributed by atoms with E-state index < -0.39 is 0 Å². The summed E-state index contributed by atoms with van der Waals surface area (Å²) in [5.74, 6) is -1.02. The van der Waals surface area contributed by atoms with Crippen LogP contribution in [0.5, 0.6) is 0 Å². The van der Waals surface area contributed by atoms with Crippen molar-refractivity contribution in [3.05, 3.63) is 324 Å². The van der Waals surface area contributed by atoms with E-state index in [9.17, 15) is 19.2 Å². The predicted octanol–water partition coefficient (Wildman–Crippen LogP) is 17.7. The normalized spacial score (nSPS) is 13.9. The molecule has 6 heteroatoms. The number of benzene rings is 10. The number of hydrogen-bond donors (Lipinski definition) is 0. The zero-order chi connectivity index (χ0) is 53.0. The summed E-state index contributed by atoms with van der Waals surface area (Å²) in [5.41, 5.74) is 15.9. The van der Waals surface area contributed by atoms with Crippen molar-refractivity contribution in [2.24, 2.45) is 0 Å². The fraction of sp³-hybridized carbons (Fsp3) is 0. The fourth-order valence-corrected chi connectivity index (χ4v) is 10.2. The van der Waals surface area contributed by atoms with E-state index in [4.69, 9.17) is 0 Å². The standard InChI is InChI=1S/C72H48N2O4/c75-69-63-45-35-55(51-17-5-1-6-18-51)47-67(63)71(77)65(69)25-13-15-49-27-37-59(38-28-49)73(57-21-9-3-10-22-57)61-41-31-53(32-42-61)54-33-43-62(44-34-54)74(58-23-11-4-12-24-58)60-39-29-50(30-40-60)16-14-26-66-70(76)64-46-36-56(48-68(64)72(66)78)52-19-7-2-8-20-52/h1-48H. The molecule has 10 aromatic carbocycles. The third-order valence-corrected chi connectivity index (χ3v) is 14.2. The molecule has 6 nitrogen and oxygen atoms in total. The zero-order valence-corrected chi connectivity index (χ0v) is 42.2. The molecule has 0 heterocycles. The Bertz CT molecular complexity index is 3760. The Balaban J connectivity index is 0.736. The lowest BCUT2D eigenvalue weighted by molar-refractivity contribution is 0.0973. The molecule has 0 radical (unpaired) electrons. The Hall–Kier alpha value is -10.6. The summed E-state index contributed by atoms with van der Waals surface area (Å²) in [4.78, 5) is 57.9. The fourth-order valence-electron chi connectivity index (χ4n) is 10.2. The van der Waals surface area contributed by atoms with E-state index in [1.165, 1.54) is 0 Å². The largest absolute Gasteiger partial charge is 0.311 e. The first kappa shape index (κ1) is 48.4. The van der Waals surface area contributed by atoms with E-state index in [0.29, 0.717) is 22.3 Å². The molecule has 0 bridgehead atoms. The average molecular weight is 1010 g/mol. The van der Waals surface area contributed by atoms with Crippen LogP contribution < -0.4 is 9.80 Å². The topological polar surface area (TPSA) is 74.8 Å². The first-order valence-corrected chi connectivity index (χ1v) is 25.8. The monoisotopic (exact) mass is 1000 g/mol. The number of anilines is 6. The SMILES string of the molecule is O=C1C(=CC=Cc2ccc(N(c3ccccc3)c3ccc(-c4ccc(N(c5ccccc5)c5ccc(C=CC=C6C(=O)c7ccc(-c8ccccc8)cc7C6=O)cc5)cc4)cc3)cc2)C(=O)c2cc(-c3ccccc3)ccc21. The minimum absolute atomic E-state index is 0.167. The van der Waals surface area contributed by atoms with Gasteiger partial charge < -0.3 is 9.80 Å². The van der Waals surface area contributed by atoms with Gasteiger partial charge in [-0.25, -0.2) is 0 Å². The molecular weight excluding hydrogens is 957 g/mol. The lowest BCUT2D eigenvalue weighted by Crippen LogP contribution is -2.10. The van der Waals surface area contributed by atoms with E-state index in [0.717, 1.165) is 78.6 Å². The number of ketones is 4. The molecule has 0 amide bonds. The van der Waals surface area contributed by atoms with Crippen LogP contribution >= 0.6 is 0 Å². The average Bonchev–Trinajstić information content (AvgIpc) is 3.97. The van der Waals surface area contributed by atoms with Gasteiger partial charge >= 0.3 is 0 Å². The maximum atomic E-state index is 13.4. The van der Waals surface area contributed by atoms with Crippen molar-refractivity contribution in [3.63, 3.8) is 0 Å². The summed E-state index contributed by atoms with van der Waals surface area (Å²) < 4.78 is 0. The molecule has 0 atom stereocenters. The van der Waals surface area contributed by atoms with Gasteiger partial charge in [-0.1, -0.05) is 182 Å². The second-order valence-corrected chi connectivity index (χ2v) is 19.1. The summed E-state index contributed by atoms with van der Waals surface area (Å²) >= 11 is 0. The summed E-state index contributed by atoms with van der Waals surface area (Å²) in [6.07, 6.45) is 10.6. The van der Waals surface area contributed by atoms with Gasteiger partial charge in [-0.3, -0.25) is 19.2 Å². The molecule has 0 N–H and O–H groups in total. The van der Waals surface area contributed by atoms with Crippen LogP contribution in [0.2, 0.25) is 0 Å². The molecule has 0 aromatic heterocycles. The molecule has 0 fully saturated rings. The van der Waals surface area contributed by atoms with Gasteiger partial charge in [-0.05, 0) is 154 Å². The Morgan fingerprint density at radius 2 is 0.513 bits per heavy atom. The predicted molar refractivity (Wildman–Crippen MR) is 317 cm³/mol. The van der Waals surface area contributed by atoms with E-state index in [1.54, 1.807) is 36.4 Å². The number of hydrogen-bond acceptors (Lipinski definition) is 6. The van der Waals surface area contributed by atoms with Crippen LogP contribution in [0.25, 0.3) is 45.5 Å². The Morgan fingerprint density at radius 1 is 0.244 bits per heavy atom. The van der Waals surface area contributed by atoms with Crippen LogP contribution in [0.4, 0.5) is 34.1 Å². The van der Waals surface area contributed by atoms with Crippen molar-refractivity contribution in [3.8, 4) is 33.4 Å². The number of carbonyl (C=O) groups excluding carboxylic acids is 4. The van der Waals surface area contributed by atoms with Gasteiger partial charge in [-0.15, -0.1) is 0 Å². The molecule has 78 heavy (non-hydrogen) atoms. The maximum absolute atomic E-state index is 13.4. The van der Waals surface area contributed by atoms with Gasteiger partial charge in [0, 0.05) is 56.4 Å². The van der Waals surface area contributed by atoms with E-state index in [2.05, 4.69) is 107 Å². The molecule has 10 aromatic rings. The highest BCUT2D eigenvalue weighted by Crippen LogP contribution is 2.39. The summed E-state index contributed by atoms with van der Waals surface area (Å²) in [5, 5.41) is 0. The maximum Gasteiger partial charge on any atom is 0.197 e. The lowest BCUT2D eigenvalue weighted by Gasteiger charge is -2.26. The van der Waals surface area contributed by atoms with E-state index in [-0.39, 0.29) is 34.3 Å². The highest BCUT2D eigenvalue weighted by molar-refractivity contribution is 6.40. The van der Waals surface area contributed by atoms with E-state index >= 15 is 0 Å². The van der Waals surface area contributed by atoms with Gasteiger partial charge in [0.2, 0.25) is 0 Å². The molecule has 0 saturated heterocycles. The van der Waals surface area contributed by atoms with Crippen molar-refractivity contribution in [2.75, 3.05) is 9.80 Å². The second kappa shape index (κ2) is 21.4. The van der Waals surface area contributed by atoms with Crippen LogP contribution in [0.15, 0.2) is 290 Å². The minimum Gasteiger partial charge on any atom is -0.311 e. The second-order valence-electron chi connectivity index (χ2n) is 19.1. The van der Waals surface area contributed by atoms with E-state index in [1.807, 2.05) is 158 Å². The molecule has 0 saturated carbocycles. The number of para-hydroxylation sites is 2. The van der Waals surface area contributed by atoms with Gasteiger partial charge in [-0.2, -0.15) is 0 Å². The zero-order valence-electron chi connectivity index (χ0n) is 42.2. The van der Waals surface area contributed by atoms with Crippen molar-refractivity contribution in [1.82, 2.24) is 0 Å². The number of nitrogens with zero attached hydrogens (tertiary/aromatic N) is 2. The van der Waals surface area contributed by atoms with Gasteiger partial charge in [0.1, 0.15) is 0 Å². The van der Waals surface area contributed by atoms with Crippen LogP contribution in [0.1, 0.15) is 52.6 Å². The third-order valence-electron chi connectivity index (χ3n) is 14.2. The van der Waals surface area contributed by atoms with Crippen molar-refractivity contribution in [1.29, 1.82) is 0 Å². The first-order chi connectivity index (χ1) is 38.3. The Kier molecular flexibility index (Phi) is 13.2. The highest BCUT2D eigenvalue weighted by Gasteiger charge is 2.34. The number of rotatable bonds is 13. The smallest absolute Gasteiger partial charge is 0.197 e. The number of allylic oxidation sites excluding steroid dienone is 6. The van der Waals surface area contributed by atoms with Crippen LogP contribution in [-0.4, -0.2) is 23.1 Å². The Morgan fingerprint density at radius 3 is 0.859 bits per heavy atom. The molecular formula is C72H48N2O4. The molecule has 12 rings (SSSR count). The Labute approximate surface area is 453 Å². The quantitative estimate of drug-likeness (QED) is 0.0846. The van der Waals surface area contributed by atoms with Crippen LogP contribution in [0, 0.1) is 0 Å². The van der Waals surface area contributed by atoms with Crippen molar-refractivity contribution < 1.29 is 19.2 Å². The molecule has 2 aliphatic carbocycles. The van der Waals surface area contributed by atoms with Crippen LogP contribution in [-0.2, 0) is 0 Å². The first-order valence-electron chi connectivity index (χ1n) is 25.8. The van der Waals surface area contributed by atoms with Crippen LogP contribution in [0.3, 0.4) is 0 Å². The minimum atomic E-state index is -0.255. The molecule has 0 spiro atoms. The number of carbonyl (C=O) groups is 4. The number of fused-ring (bicyclic) bond motifs is 2. The highest BCUT2D eigenvalue weighted by atomic mass is 16.2. The lowest BCUT2D eigenvalue weighted by atomic mass is 10.0. The molecule has 0 unspecified atom stereocenters. The summed E-state index contributed by atoms with van der Waals surface area (Å²) in [6.45, 7) is 0. The molecule has 370 valence electrons. The summed E-state index contributed by atoms with van der Waals surface area (Å²) in [6, 6.07) is 84.7. The van der Waals surface area contributed by atoms with Gasteiger partial charge in [0.25, 0.3) is 0 Å². The number of Topliss-reactive ketones (excluding diaryl/α,β-unsaturated/α-hetero) is 4. The van der Waals surface area contributed by atoms with Crippen molar-refractivity contribution in [2.45, 2.75) is 0 Å². The molecule has 2 aliphatic rings. The van der Waals surface area contributed by atoms with Crippen molar-refractivity contribution >= 4 is 69.4 Å². The summed E-state index contributed by atoms with van der Waals surface area (Å²) in [7, 11) is 0.